The van der Waals surface area contributed by atoms with Crippen LogP contribution in [0.5, 0.6) is 0 Å². The summed E-state index contributed by atoms with van der Waals surface area (Å²) in [5.74, 6) is 2.84. The monoisotopic (exact) mass is 348 g/mol. The van der Waals surface area contributed by atoms with E-state index >= 15 is 0 Å². The lowest BCUT2D eigenvalue weighted by atomic mass is 9.43. The zero-order chi connectivity index (χ0) is 18.1. The molecule has 3 nitrogen and oxygen atoms in total. The quantitative estimate of drug-likeness (QED) is 0.757. The third-order valence-corrected chi connectivity index (χ3v) is 9.43. The van der Waals surface area contributed by atoms with E-state index in [4.69, 9.17) is 0 Å². The smallest absolute Gasteiger partial charge is 0.133 e. The van der Waals surface area contributed by atoms with Gasteiger partial charge in [0.05, 0.1) is 12.2 Å². The largest absolute Gasteiger partial charge is 0.393 e. The summed E-state index contributed by atoms with van der Waals surface area (Å²) in [6.07, 6.45) is 6.81. The van der Waals surface area contributed by atoms with Crippen molar-refractivity contribution in [2.24, 2.45) is 46.3 Å². The molecule has 4 saturated carbocycles. The molecular weight excluding hydrogens is 312 g/mol. The minimum atomic E-state index is -0.290. The van der Waals surface area contributed by atoms with E-state index in [9.17, 15) is 15.0 Å². The number of ketones is 1. The summed E-state index contributed by atoms with van der Waals surface area (Å²) >= 11 is 0. The molecule has 0 bridgehead atoms. The van der Waals surface area contributed by atoms with Crippen molar-refractivity contribution in [3.63, 3.8) is 0 Å². The molecule has 0 aromatic rings. The predicted molar refractivity (Wildman–Crippen MR) is 97.8 cm³/mol. The van der Waals surface area contributed by atoms with Crippen LogP contribution in [-0.4, -0.2) is 28.2 Å². The van der Waals surface area contributed by atoms with Crippen molar-refractivity contribution in [2.75, 3.05) is 0 Å². The number of hydrogen-bond donors (Lipinski definition) is 2. The zero-order valence-corrected chi connectivity index (χ0v) is 16.4. The molecule has 0 saturated heterocycles. The molecule has 0 aromatic carbocycles. The maximum Gasteiger partial charge on any atom is 0.133 e. The third kappa shape index (κ3) is 2.41. The summed E-state index contributed by atoms with van der Waals surface area (Å²) in [6.45, 7) is 8.62. The Kier molecular flexibility index (Phi) is 4.16. The van der Waals surface area contributed by atoms with Gasteiger partial charge < -0.3 is 10.2 Å². The van der Waals surface area contributed by atoms with Crippen molar-refractivity contribution in [1.29, 1.82) is 0 Å². The maximum absolute atomic E-state index is 12.2. The van der Waals surface area contributed by atoms with Gasteiger partial charge in [-0.3, -0.25) is 4.79 Å². The Morgan fingerprint density at radius 3 is 2.36 bits per heavy atom. The van der Waals surface area contributed by atoms with Crippen molar-refractivity contribution in [3.05, 3.63) is 0 Å². The first-order chi connectivity index (χ1) is 11.7. The topological polar surface area (TPSA) is 57.5 Å². The van der Waals surface area contributed by atoms with Crippen LogP contribution in [0.2, 0.25) is 0 Å². The number of carbonyl (C=O) groups excluding carboxylic acids is 1. The summed E-state index contributed by atoms with van der Waals surface area (Å²) in [5.41, 5.74) is 0.145. The molecule has 0 spiro atoms. The minimum absolute atomic E-state index is 0.00455. The van der Waals surface area contributed by atoms with Crippen LogP contribution in [-0.2, 0) is 4.79 Å². The van der Waals surface area contributed by atoms with Crippen molar-refractivity contribution >= 4 is 5.78 Å². The van der Waals surface area contributed by atoms with Gasteiger partial charge in [0, 0.05) is 5.92 Å². The Balaban J connectivity index is 1.68. The number of rotatable bonds is 1. The Morgan fingerprint density at radius 2 is 1.68 bits per heavy atom. The van der Waals surface area contributed by atoms with Gasteiger partial charge in [0.1, 0.15) is 5.78 Å². The third-order valence-electron chi connectivity index (χ3n) is 9.43. The van der Waals surface area contributed by atoms with Gasteiger partial charge >= 0.3 is 0 Å². The SMILES string of the molecule is CC(=O)[C@H]1CC[C@H]2[C@@H]3CCC4CC(O)C(C)C[C@]4(C)[C@H]3C(O)C[C@]12C. The first kappa shape index (κ1) is 18.0. The van der Waals surface area contributed by atoms with Crippen LogP contribution in [0.4, 0.5) is 0 Å². The molecule has 4 aliphatic carbocycles. The average Bonchev–Trinajstić information content (AvgIpc) is 2.85. The summed E-state index contributed by atoms with van der Waals surface area (Å²) in [7, 11) is 0. The van der Waals surface area contributed by atoms with Gasteiger partial charge in [0.25, 0.3) is 0 Å². The van der Waals surface area contributed by atoms with Gasteiger partial charge in [0.15, 0.2) is 0 Å². The standard InChI is InChI=1S/C22H36O3/c1-12-10-21(3)14(9-18(12)24)5-6-15-17-8-7-16(13(2)23)22(17,4)11-19(25)20(15)21/h12,14-20,24-25H,5-11H2,1-4H3/t12?,14?,15-,16+,17-,18?,19?,20+,21-,22+/m0/s1. The van der Waals surface area contributed by atoms with Crippen molar-refractivity contribution in [2.45, 2.75) is 84.8 Å². The van der Waals surface area contributed by atoms with Crippen LogP contribution in [0.25, 0.3) is 0 Å². The molecule has 3 heteroatoms. The second-order valence-electron chi connectivity index (χ2n) is 10.6. The fraction of sp³-hybridized carbons (Fsp3) is 0.955. The molecule has 4 rings (SSSR count). The van der Waals surface area contributed by atoms with Gasteiger partial charge in [-0.2, -0.15) is 0 Å². The molecule has 0 amide bonds. The van der Waals surface area contributed by atoms with Gasteiger partial charge in [-0.1, -0.05) is 20.8 Å². The number of hydrogen-bond acceptors (Lipinski definition) is 3. The minimum Gasteiger partial charge on any atom is -0.393 e. The van der Waals surface area contributed by atoms with Crippen LogP contribution in [0.3, 0.4) is 0 Å². The highest BCUT2D eigenvalue weighted by molar-refractivity contribution is 5.79. The number of aliphatic hydroxyl groups is 2. The maximum atomic E-state index is 12.2. The van der Waals surface area contributed by atoms with Crippen LogP contribution in [0, 0.1) is 46.3 Å². The Labute approximate surface area is 152 Å². The number of carbonyl (C=O) groups is 1. The summed E-state index contributed by atoms with van der Waals surface area (Å²) in [6, 6.07) is 0. The van der Waals surface area contributed by atoms with E-state index in [1.807, 2.05) is 0 Å². The molecule has 0 radical (unpaired) electrons. The zero-order valence-electron chi connectivity index (χ0n) is 16.4. The fourth-order valence-electron chi connectivity index (χ4n) is 8.39. The van der Waals surface area contributed by atoms with Crippen molar-refractivity contribution < 1.29 is 15.0 Å². The van der Waals surface area contributed by atoms with Crippen LogP contribution < -0.4 is 0 Å². The second-order valence-corrected chi connectivity index (χ2v) is 10.6. The highest BCUT2D eigenvalue weighted by Gasteiger charge is 2.64. The molecule has 4 unspecified atom stereocenters. The Morgan fingerprint density at radius 1 is 0.960 bits per heavy atom. The van der Waals surface area contributed by atoms with E-state index in [1.54, 1.807) is 6.92 Å². The van der Waals surface area contributed by atoms with Crippen LogP contribution >= 0.6 is 0 Å². The molecule has 4 fully saturated rings. The summed E-state index contributed by atoms with van der Waals surface area (Å²) in [4.78, 5) is 12.2. The normalized spacial score (nSPS) is 58.2. The molecule has 142 valence electrons. The number of Topliss-reactive ketones (excluding diaryl/α,β-unsaturated/α-hetero) is 1. The molecule has 25 heavy (non-hydrogen) atoms. The predicted octanol–water partition coefficient (Wildman–Crippen LogP) is 3.81. The molecule has 0 heterocycles. The van der Waals surface area contributed by atoms with E-state index in [1.165, 1.54) is 12.8 Å². The lowest BCUT2D eigenvalue weighted by molar-refractivity contribution is -0.186. The molecule has 0 aromatic heterocycles. The van der Waals surface area contributed by atoms with Gasteiger partial charge in [-0.25, -0.2) is 0 Å². The van der Waals surface area contributed by atoms with E-state index in [0.29, 0.717) is 35.4 Å². The van der Waals surface area contributed by atoms with E-state index < -0.39 is 0 Å². The van der Waals surface area contributed by atoms with E-state index in [-0.39, 0.29) is 29.0 Å². The first-order valence-electron chi connectivity index (χ1n) is 10.5. The number of aliphatic hydroxyl groups excluding tert-OH is 2. The van der Waals surface area contributed by atoms with E-state index in [0.717, 1.165) is 32.1 Å². The summed E-state index contributed by atoms with van der Waals surface area (Å²) < 4.78 is 0. The van der Waals surface area contributed by atoms with Crippen LogP contribution in [0.1, 0.15) is 72.6 Å². The van der Waals surface area contributed by atoms with E-state index in [2.05, 4.69) is 20.8 Å². The van der Waals surface area contributed by atoms with Gasteiger partial charge in [0.2, 0.25) is 0 Å². The molecule has 4 aliphatic rings. The average molecular weight is 349 g/mol. The fourth-order valence-corrected chi connectivity index (χ4v) is 8.39. The summed E-state index contributed by atoms with van der Waals surface area (Å²) in [5, 5.41) is 21.7. The molecule has 0 aliphatic heterocycles. The van der Waals surface area contributed by atoms with Crippen molar-refractivity contribution in [1.82, 2.24) is 0 Å². The highest BCUT2D eigenvalue weighted by atomic mass is 16.3. The first-order valence-corrected chi connectivity index (χ1v) is 10.5. The number of fused-ring (bicyclic) bond motifs is 5. The lowest BCUT2D eigenvalue weighted by Gasteiger charge is -2.63. The second kappa shape index (κ2) is 5.79. The molecule has 2 N–H and O–H groups in total. The highest BCUT2D eigenvalue weighted by Crippen LogP contribution is 2.67. The van der Waals surface area contributed by atoms with Crippen LogP contribution in [0.15, 0.2) is 0 Å². The lowest BCUT2D eigenvalue weighted by Crippen LogP contribution is -2.60. The molecule has 10 atom stereocenters. The molecular formula is C22H36O3. The van der Waals surface area contributed by atoms with Crippen molar-refractivity contribution in [3.8, 4) is 0 Å². The van der Waals surface area contributed by atoms with Gasteiger partial charge in [-0.05, 0) is 92.3 Å². The Hall–Kier alpha value is -0.410. The van der Waals surface area contributed by atoms with Gasteiger partial charge in [-0.15, -0.1) is 0 Å². The Bertz CT molecular complexity index is 559.